The van der Waals surface area contributed by atoms with Crippen LogP contribution in [-0.2, 0) is 20.5 Å². The van der Waals surface area contributed by atoms with Crippen molar-refractivity contribution < 1.29 is 19.1 Å². The summed E-state index contributed by atoms with van der Waals surface area (Å²) in [4.78, 5) is 46.4. The molecule has 7 rings (SSSR count). The van der Waals surface area contributed by atoms with E-state index in [1.165, 1.54) is 0 Å². The zero-order valence-electron chi connectivity index (χ0n) is 22.6. The predicted octanol–water partition coefficient (Wildman–Crippen LogP) is 4.88. The molecule has 0 saturated carbocycles. The Labute approximate surface area is 233 Å². The van der Waals surface area contributed by atoms with Crippen LogP contribution in [0.2, 0.25) is 0 Å². The second-order valence-electron chi connectivity index (χ2n) is 11.3. The van der Waals surface area contributed by atoms with Gasteiger partial charge in [0.2, 0.25) is 5.91 Å². The summed E-state index contributed by atoms with van der Waals surface area (Å²) in [5, 5.41) is 6.27. The minimum absolute atomic E-state index is 0.189. The van der Waals surface area contributed by atoms with Crippen LogP contribution in [0.15, 0.2) is 73.3 Å². The van der Waals surface area contributed by atoms with E-state index in [-0.39, 0.29) is 30.2 Å². The third-order valence-electron chi connectivity index (χ3n) is 9.34. The first-order valence-corrected chi connectivity index (χ1v) is 13.8. The van der Waals surface area contributed by atoms with Crippen LogP contribution in [0.4, 0.5) is 11.4 Å². The number of carbonyl (C=O) groups excluding carboxylic acids is 3. The number of ketones is 1. The first kappa shape index (κ1) is 24.8. The number of hydrogen-bond acceptors (Lipinski definition) is 5. The SMILES string of the molecule is C=CCOc1ccccc1C(=O)C1C2CCCN2C2(C(=O)Nc3c(C)cc(C)cc32)C12C(=O)Nc1ccccc12. The van der Waals surface area contributed by atoms with Crippen molar-refractivity contribution in [2.75, 3.05) is 23.8 Å². The fourth-order valence-electron chi connectivity index (χ4n) is 8.15. The minimum atomic E-state index is -1.48. The lowest BCUT2D eigenvalue weighted by Crippen LogP contribution is -2.62. The summed E-state index contributed by atoms with van der Waals surface area (Å²) in [7, 11) is 0. The van der Waals surface area contributed by atoms with Gasteiger partial charge in [-0.2, -0.15) is 0 Å². The van der Waals surface area contributed by atoms with Gasteiger partial charge in [-0.25, -0.2) is 0 Å². The Morgan fingerprint density at radius 2 is 1.82 bits per heavy atom. The maximum atomic E-state index is 14.9. The molecule has 4 atom stereocenters. The van der Waals surface area contributed by atoms with Crippen molar-refractivity contribution in [3.05, 3.63) is 101 Å². The Balaban J connectivity index is 1.57. The number of carbonyl (C=O) groups is 3. The summed E-state index contributed by atoms with van der Waals surface area (Å²) in [5.41, 5.74) is 2.35. The van der Waals surface area contributed by atoms with Crippen LogP contribution in [0.1, 0.15) is 45.5 Å². The molecule has 2 amide bonds. The summed E-state index contributed by atoms with van der Waals surface area (Å²) in [6, 6.07) is 18.4. The molecular formula is C33H31N3O4. The molecule has 0 aromatic heterocycles. The highest BCUT2D eigenvalue weighted by molar-refractivity contribution is 6.21. The monoisotopic (exact) mass is 533 g/mol. The molecular weight excluding hydrogens is 502 g/mol. The summed E-state index contributed by atoms with van der Waals surface area (Å²) in [6.07, 6.45) is 3.17. The molecule has 0 bridgehead atoms. The van der Waals surface area contributed by atoms with Crippen molar-refractivity contribution in [1.82, 2.24) is 4.90 Å². The van der Waals surface area contributed by atoms with Crippen molar-refractivity contribution in [1.29, 1.82) is 0 Å². The number of para-hydroxylation sites is 2. The van der Waals surface area contributed by atoms with Crippen LogP contribution in [-0.4, -0.2) is 41.7 Å². The van der Waals surface area contributed by atoms with Crippen molar-refractivity contribution >= 4 is 29.0 Å². The van der Waals surface area contributed by atoms with Crippen molar-refractivity contribution in [3.63, 3.8) is 0 Å². The zero-order chi connectivity index (χ0) is 27.8. The summed E-state index contributed by atoms with van der Waals surface area (Å²) < 4.78 is 5.92. The molecule has 7 nitrogen and oxygen atoms in total. The number of fused-ring (bicyclic) bond motifs is 7. The Hall–Kier alpha value is -4.23. The van der Waals surface area contributed by atoms with Gasteiger partial charge in [-0.05, 0) is 62.6 Å². The van der Waals surface area contributed by atoms with Crippen LogP contribution >= 0.6 is 0 Å². The van der Waals surface area contributed by atoms with E-state index in [9.17, 15) is 14.4 Å². The highest BCUT2D eigenvalue weighted by atomic mass is 16.5. The van der Waals surface area contributed by atoms with Crippen molar-refractivity contribution in [3.8, 4) is 5.75 Å². The van der Waals surface area contributed by atoms with Gasteiger partial charge < -0.3 is 15.4 Å². The Morgan fingerprint density at radius 3 is 2.65 bits per heavy atom. The van der Waals surface area contributed by atoms with Gasteiger partial charge in [-0.3, -0.25) is 19.3 Å². The van der Waals surface area contributed by atoms with Crippen LogP contribution in [0.5, 0.6) is 5.75 Å². The zero-order valence-corrected chi connectivity index (χ0v) is 22.6. The molecule has 7 heteroatoms. The first-order chi connectivity index (χ1) is 19.4. The Morgan fingerprint density at radius 1 is 1.05 bits per heavy atom. The number of nitrogens with one attached hydrogen (secondary N) is 2. The fraction of sp³-hybridized carbons (Fsp3) is 0.303. The van der Waals surface area contributed by atoms with E-state index in [2.05, 4.69) is 22.1 Å². The highest BCUT2D eigenvalue weighted by Gasteiger charge is 2.81. The van der Waals surface area contributed by atoms with Gasteiger partial charge >= 0.3 is 0 Å². The molecule has 2 saturated heterocycles. The Kier molecular flexibility index (Phi) is 5.35. The number of aryl methyl sites for hydroxylation is 2. The first-order valence-electron chi connectivity index (χ1n) is 13.8. The summed E-state index contributed by atoms with van der Waals surface area (Å²) in [6.45, 7) is 8.58. The standard InChI is InChI=1S/C33H31N3O4/c1-4-16-40-26-14-8-5-10-21(26)29(37)27-25-13-9-15-36(25)33(23-18-19(2)17-20(3)28(23)35-31(33)39)32(27)22-11-6-7-12-24(22)34-30(32)38/h4-8,10-12,14,17-18,25,27H,1,9,13,15-16H2,2-3H3,(H,34,38)(H,35,39). The summed E-state index contributed by atoms with van der Waals surface area (Å²) in [5.74, 6) is -1.12. The van der Waals surface area contributed by atoms with Gasteiger partial charge in [0.15, 0.2) is 5.78 Å². The largest absolute Gasteiger partial charge is 0.489 e. The van der Waals surface area contributed by atoms with Crippen molar-refractivity contribution in [2.24, 2.45) is 5.92 Å². The third kappa shape index (κ3) is 2.85. The highest BCUT2D eigenvalue weighted by Crippen LogP contribution is 2.68. The number of hydrogen-bond donors (Lipinski definition) is 2. The third-order valence-corrected chi connectivity index (χ3v) is 9.34. The number of anilines is 2. The Bertz CT molecular complexity index is 1630. The van der Waals surface area contributed by atoms with Crippen LogP contribution in [0, 0.1) is 19.8 Å². The smallest absolute Gasteiger partial charge is 0.251 e. The van der Waals surface area contributed by atoms with E-state index in [0.717, 1.165) is 28.8 Å². The summed E-state index contributed by atoms with van der Waals surface area (Å²) >= 11 is 0. The van der Waals surface area contributed by atoms with Gasteiger partial charge in [-0.15, -0.1) is 0 Å². The van der Waals surface area contributed by atoms with Gasteiger partial charge in [-0.1, -0.05) is 60.7 Å². The lowest BCUT2D eigenvalue weighted by molar-refractivity contribution is -0.137. The molecule has 202 valence electrons. The van der Waals surface area contributed by atoms with Gasteiger partial charge in [0.25, 0.3) is 5.91 Å². The molecule has 3 aromatic carbocycles. The van der Waals surface area contributed by atoms with Gasteiger partial charge in [0, 0.05) is 23.0 Å². The maximum absolute atomic E-state index is 14.9. The lowest BCUT2D eigenvalue weighted by Gasteiger charge is -2.43. The van der Waals surface area contributed by atoms with E-state index in [0.29, 0.717) is 35.5 Å². The molecule has 2 N–H and O–H groups in total. The van der Waals surface area contributed by atoms with E-state index in [1.54, 1.807) is 18.2 Å². The van der Waals surface area contributed by atoms with Crippen LogP contribution in [0.25, 0.3) is 0 Å². The molecule has 40 heavy (non-hydrogen) atoms. The lowest BCUT2D eigenvalue weighted by atomic mass is 9.57. The molecule has 4 unspecified atom stereocenters. The van der Waals surface area contributed by atoms with E-state index >= 15 is 0 Å². The molecule has 0 radical (unpaired) electrons. The van der Waals surface area contributed by atoms with Crippen LogP contribution in [0.3, 0.4) is 0 Å². The number of rotatable bonds is 5. The van der Waals surface area contributed by atoms with E-state index < -0.39 is 16.9 Å². The minimum Gasteiger partial charge on any atom is -0.489 e. The number of nitrogens with zero attached hydrogens (tertiary/aromatic N) is 1. The molecule has 4 aliphatic heterocycles. The second-order valence-corrected chi connectivity index (χ2v) is 11.3. The van der Waals surface area contributed by atoms with Crippen LogP contribution < -0.4 is 15.4 Å². The maximum Gasteiger partial charge on any atom is 0.251 e. The molecule has 2 fully saturated rings. The normalized spacial score (nSPS) is 27.9. The molecule has 0 aliphatic carbocycles. The van der Waals surface area contributed by atoms with Gasteiger partial charge in [0.1, 0.15) is 23.3 Å². The number of ether oxygens (including phenoxy) is 1. The number of Topliss-reactive ketones (excluding diaryl/α,β-unsaturated/α-hetero) is 1. The van der Waals surface area contributed by atoms with Crippen molar-refractivity contribution in [2.45, 2.75) is 43.7 Å². The van der Waals surface area contributed by atoms with Gasteiger partial charge in [0.05, 0.1) is 11.5 Å². The average Bonchev–Trinajstić information content (AvgIpc) is 3.66. The number of amides is 2. The van der Waals surface area contributed by atoms with E-state index in [4.69, 9.17) is 4.74 Å². The topological polar surface area (TPSA) is 87.7 Å². The quantitative estimate of drug-likeness (QED) is 0.361. The predicted molar refractivity (Wildman–Crippen MR) is 153 cm³/mol. The average molecular weight is 534 g/mol. The number of benzene rings is 3. The fourth-order valence-corrected chi connectivity index (χ4v) is 8.15. The molecule has 2 spiro atoms. The second kappa shape index (κ2) is 8.63. The van der Waals surface area contributed by atoms with E-state index in [1.807, 2.05) is 62.4 Å². The molecule has 4 aliphatic rings. The molecule has 3 aromatic rings. The molecule has 4 heterocycles.